The van der Waals surface area contributed by atoms with Crippen molar-refractivity contribution in [3.05, 3.63) is 0 Å². The fraction of sp³-hybridized carbons (Fsp3) is 1.00. The van der Waals surface area contributed by atoms with Crippen molar-refractivity contribution in [3.63, 3.8) is 0 Å². The van der Waals surface area contributed by atoms with Crippen LogP contribution in [-0.4, -0.2) is 35.5 Å². The van der Waals surface area contributed by atoms with E-state index in [2.05, 4.69) is 0 Å². The second-order valence-corrected chi connectivity index (χ2v) is 4.04. The Bertz CT molecular complexity index is 204. The fourth-order valence-electron chi connectivity index (χ4n) is 1.90. The van der Waals surface area contributed by atoms with Crippen LogP contribution in [-0.2, 0) is 14.2 Å². The van der Waals surface area contributed by atoms with Gasteiger partial charge in [0.2, 0.25) is 0 Å². The van der Waals surface area contributed by atoms with Crippen molar-refractivity contribution < 1.29 is 19.3 Å². The number of rotatable bonds is 1. The summed E-state index contributed by atoms with van der Waals surface area (Å²) in [6, 6.07) is 0. The van der Waals surface area contributed by atoms with Gasteiger partial charge in [0, 0.05) is 0 Å². The molecule has 4 heteroatoms. The maximum absolute atomic E-state index is 9.76. The quantitative estimate of drug-likeness (QED) is 0.655. The molecule has 0 aromatic rings. The molecule has 4 nitrogen and oxygen atoms in total. The van der Waals surface area contributed by atoms with Crippen LogP contribution in [0.3, 0.4) is 0 Å². The maximum Gasteiger partial charge on any atom is 0.190 e. The Labute approximate surface area is 77.8 Å². The highest BCUT2D eigenvalue weighted by Gasteiger charge is 2.53. The summed E-state index contributed by atoms with van der Waals surface area (Å²) < 4.78 is 16.5. The van der Waals surface area contributed by atoms with Gasteiger partial charge in [-0.05, 0) is 20.3 Å². The smallest absolute Gasteiger partial charge is 0.190 e. The molecule has 0 aromatic heterocycles. The molecule has 2 rings (SSSR count). The van der Waals surface area contributed by atoms with E-state index in [1.54, 1.807) is 0 Å². The molecule has 2 aliphatic heterocycles. The van der Waals surface area contributed by atoms with E-state index in [4.69, 9.17) is 14.2 Å². The predicted molar refractivity (Wildman–Crippen MR) is 45.0 cm³/mol. The van der Waals surface area contributed by atoms with Crippen molar-refractivity contribution in [1.29, 1.82) is 0 Å². The molecule has 4 atom stereocenters. The van der Waals surface area contributed by atoms with Crippen LogP contribution < -0.4 is 0 Å². The van der Waals surface area contributed by atoms with E-state index in [-0.39, 0.29) is 12.2 Å². The average Bonchev–Trinajstić information content (AvgIpc) is 2.47. The summed E-state index contributed by atoms with van der Waals surface area (Å²) in [6.07, 6.45) is -0.640. The van der Waals surface area contributed by atoms with Crippen molar-refractivity contribution in [2.45, 2.75) is 57.6 Å². The molecule has 0 saturated carbocycles. The number of aliphatic hydroxyl groups excluding tert-OH is 1. The topological polar surface area (TPSA) is 47.9 Å². The highest BCUT2D eigenvalue weighted by molar-refractivity contribution is 4.92. The SMILES string of the molecule is CC[C@H]1O[C@H]2OC(C)(C)O[C@H]2[C@@H]1O. The molecular weight excluding hydrogens is 172 g/mol. The molecule has 2 saturated heterocycles. The van der Waals surface area contributed by atoms with E-state index in [9.17, 15) is 5.11 Å². The first kappa shape index (κ1) is 9.40. The Morgan fingerprint density at radius 1 is 1.31 bits per heavy atom. The highest BCUT2D eigenvalue weighted by atomic mass is 16.8. The molecule has 2 heterocycles. The summed E-state index contributed by atoms with van der Waals surface area (Å²) in [5, 5.41) is 9.76. The lowest BCUT2D eigenvalue weighted by Gasteiger charge is -2.22. The van der Waals surface area contributed by atoms with Crippen molar-refractivity contribution in [2.24, 2.45) is 0 Å². The van der Waals surface area contributed by atoms with Gasteiger partial charge in [-0.1, -0.05) is 6.92 Å². The molecular formula is C9H16O4. The molecule has 0 aliphatic carbocycles. The molecule has 0 unspecified atom stereocenters. The molecule has 0 amide bonds. The zero-order chi connectivity index (χ0) is 9.64. The number of aliphatic hydroxyl groups is 1. The second-order valence-electron chi connectivity index (χ2n) is 4.04. The summed E-state index contributed by atoms with van der Waals surface area (Å²) in [5.74, 6) is -0.630. The van der Waals surface area contributed by atoms with E-state index in [0.717, 1.165) is 6.42 Å². The summed E-state index contributed by atoms with van der Waals surface area (Å²) in [6.45, 7) is 5.62. The molecule has 76 valence electrons. The predicted octanol–water partition coefficient (Wildman–Crippen LogP) is 0.634. The zero-order valence-electron chi connectivity index (χ0n) is 8.19. The summed E-state index contributed by atoms with van der Waals surface area (Å²) in [7, 11) is 0. The van der Waals surface area contributed by atoms with E-state index in [1.165, 1.54) is 0 Å². The second kappa shape index (κ2) is 2.92. The van der Waals surface area contributed by atoms with Crippen LogP contribution in [0.5, 0.6) is 0 Å². The van der Waals surface area contributed by atoms with Crippen LogP contribution in [0.15, 0.2) is 0 Å². The lowest BCUT2D eigenvalue weighted by atomic mass is 10.1. The number of fused-ring (bicyclic) bond motifs is 1. The van der Waals surface area contributed by atoms with Gasteiger partial charge < -0.3 is 19.3 Å². The van der Waals surface area contributed by atoms with Crippen LogP contribution in [0.1, 0.15) is 27.2 Å². The number of ether oxygens (including phenoxy) is 3. The van der Waals surface area contributed by atoms with Gasteiger partial charge in [-0.15, -0.1) is 0 Å². The van der Waals surface area contributed by atoms with E-state index >= 15 is 0 Å². The lowest BCUT2D eigenvalue weighted by Crippen LogP contribution is -2.34. The van der Waals surface area contributed by atoms with Crippen molar-refractivity contribution in [1.82, 2.24) is 0 Å². The van der Waals surface area contributed by atoms with Gasteiger partial charge in [0.25, 0.3) is 0 Å². The Morgan fingerprint density at radius 3 is 2.54 bits per heavy atom. The van der Waals surface area contributed by atoms with Gasteiger partial charge in [0.1, 0.15) is 12.2 Å². The molecule has 2 aliphatic rings. The van der Waals surface area contributed by atoms with Crippen molar-refractivity contribution >= 4 is 0 Å². The summed E-state index contributed by atoms with van der Waals surface area (Å²) in [5.41, 5.74) is 0. The van der Waals surface area contributed by atoms with Gasteiger partial charge in [0.05, 0.1) is 6.10 Å². The van der Waals surface area contributed by atoms with Crippen LogP contribution >= 0.6 is 0 Å². The zero-order valence-corrected chi connectivity index (χ0v) is 8.19. The number of hydrogen-bond donors (Lipinski definition) is 1. The van der Waals surface area contributed by atoms with Crippen LogP contribution in [0.4, 0.5) is 0 Å². The fourth-order valence-corrected chi connectivity index (χ4v) is 1.90. The molecule has 1 N–H and O–H groups in total. The van der Waals surface area contributed by atoms with Gasteiger partial charge in [-0.3, -0.25) is 0 Å². The highest BCUT2D eigenvalue weighted by Crippen LogP contribution is 2.37. The molecule has 0 spiro atoms. The number of hydrogen-bond acceptors (Lipinski definition) is 4. The molecule has 0 radical (unpaired) electrons. The summed E-state index contributed by atoms with van der Waals surface area (Å²) in [4.78, 5) is 0. The first-order chi connectivity index (χ1) is 6.03. The third-order valence-corrected chi connectivity index (χ3v) is 2.52. The lowest BCUT2D eigenvalue weighted by molar-refractivity contribution is -0.214. The molecule has 13 heavy (non-hydrogen) atoms. The Morgan fingerprint density at radius 2 is 2.00 bits per heavy atom. The van der Waals surface area contributed by atoms with Crippen LogP contribution in [0.25, 0.3) is 0 Å². The first-order valence-electron chi connectivity index (χ1n) is 4.72. The Balaban J connectivity index is 2.07. The monoisotopic (exact) mass is 188 g/mol. The molecule has 0 aromatic carbocycles. The first-order valence-corrected chi connectivity index (χ1v) is 4.72. The largest absolute Gasteiger partial charge is 0.387 e. The van der Waals surface area contributed by atoms with Gasteiger partial charge in [-0.2, -0.15) is 0 Å². The maximum atomic E-state index is 9.76. The Hall–Kier alpha value is -0.160. The van der Waals surface area contributed by atoms with Crippen LogP contribution in [0, 0.1) is 0 Å². The normalized spacial score (nSPS) is 48.0. The van der Waals surface area contributed by atoms with E-state index < -0.39 is 18.2 Å². The van der Waals surface area contributed by atoms with Crippen molar-refractivity contribution in [3.8, 4) is 0 Å². The van der Waals surface area contributed by atoms with Crippen molar-refractivity contribution in [2.75, 3.05) is 0 Å². The summed E-state index contributed by atoms with van der Waals surface area (Å²) >= 11 is 0. The minimum atomic E-state index is -0.630. The van der Waals surface area contributed by atoms with Gasteiger partial charge in [0.15, 0.2) is 12.1 Å². The third kappa shape index (κ3) is 1.48. The molecule has 2 fully saturated rings. The minimum absolute atomic E-state index is 0.147. The van der Waals surface area contributed by atoms with Gasteiger partial charge >= 0.3 is 0 Å². The van der Waals surface area contributed by atoms with Gasteiger partial charge in [-0.25, -0.2) is 0 Å². The standard InChI is InChI=1S/C9H16O4/c1-4-5-6(10)7-8(11-5)13-9(2,3)12-7/h5-8,10H,4H2,1-3H3/t5-,6-,7+,8+/m1/s1. The van der Waals surface area contributed by atoms with Crippen LogP contribution in [0.2, 0.25) is 0 Å². The Kier molecular flexibility index (Phi) is 2.11. The van der Waals surface area contributed by atoms with E-state index in [1.807, 2.05) is 20.8 Å². The van der Waals surface area contributed by atoms with E-state index in [0.29, 0.717) is 0 Å². The molecule has 0 bridgehead atoms. The average molecular weight is 188 g/mol. The minimum Gasteiger partial charge on any atom is -0.387 e. The third-order valence-electron chi connectivity index (χ3n) is 2.52.